The molecule has 0 N–H and O–H groups in total. The monoisotopic (exact) mass is 340 g/mol. The lowest BCUT2D eigenvalue weighted by molar-refractivity contribution is -0.134. The molecule has 3 nitrogen and oxygen atoms in total. The Bertz CT molecular complexity index is 622. The van der Waals surface area contributed by atoms with Crippen molar-refractivity contribution in [3.63, 3.8) is 0 Å². The Labute approximate surface area is 151 Å². The minimum atomic E-state index is -0.336. The van der Waals surface area contributed by atoms with Gasteiger partial charge in [-0.25, -0.2) is 4.79 Å². The van der Waals surface area contributed by atoms with Crippen molar-refractivity contribution in [2.75, 3.05) is 13.7 Å². The quantitative estimate of drug-likeness (QED) is 0.255. The Morgan fingerprint density at radius 3 is 2.56 bits per heavy atom. The van der Waals surface area contributed by atoms with Crippen LogP contribution in [-0.4, -0.2) is 19.7 Å². The minimum absolute atomic E-state index is 0.336. The highest BCUT2D eigenvalue weighted by Crippen LogP contribution is 2.04. The van der Waals surface area contributed by atoms with Crippen LogP contribution in [0.3, 0.4) is 0 Å². The van der Waals surface area contributed by atoms with Gasteiger partial charge in [-0.05, 0) is 37.8 Å². The molecule has 0 bridgehead atoms. The first-order valence-electron chi connectivity index (χ1n) is 8.51. The standard InChI is InChI=1S/C22H28O3/c1-19(12-10-13-20(2)17-22(23)24-3)11-6-5-9-16-25-18-21-14-7-4-8-15-21/h4,6-8,10-15,17H,5,9,16,18H2,1-3H3/b11-6+,13-10+,19-12+,20-17+. The van der Waals surface area contributed by atoms with Gasteiger partial charge in [0.05, 0.1) is 13.7 Å². The zero-order chi connectivity index (χ0) is 18.3. The summed E-state index contributed by atoms with van der Waals surface area (Å²) in [5.41, 5.74) is 3.22. The van der Waals surface area contributed by atoms with E-state index in [0.717, 1.165) is 30.6 Å². The fourth-order valence-corrected chi connectivity index (χ4v) is 2.04. The second kappa shape index (κ2) is 13.0. The highest BCUT2D eigenvalue weighted by molar-refractivity contribution is 5.83. The van der Waals surface area contributed by atoms with Crippen molar-refractivity contribution in [3.05, 3.63) is 83.5 Å². The summed E-state index contributed by atoms with van der Waals surface area (Å²) in [5.74, 6) is -0.336. The first kappa shape index (κ1) is 20.7. The Balaban J connectivity index is 2.20. The van der Waals surface area contributed by atoms with Crippen LogP contribution in [0.5, 0.6) is 0 Å². The van der Waals surface area contributed by atoms with Crippen molar-refractivity contribution in [2.45, 2.75) is 33.3 Å². The maximum Gasteiger partial charge on any atom is 0.330 e. The van der Waals surface area contributed by atoms with Crippen molar-refractivity contribution in [3.8, 4) is 0 Å². The molecule has 134 valence electrons. The van der Waals surface area contributed by atoms with Gasteiger partial charge in [0.1, 0.15) is 0 Å². The third-order valence-electron chi connectivity index (χ3n) is 3.42. The molecule has 0 saturated carbocycles. The fourth-order valence-electron chi connectivity index (χ4n) is 2.04. The normalized spacial score (nSPS) is 12.9. The van der Waals surface area contributed by atoms with Crippen LogP contribution in [0.25, 0.3) is 0 Å². The predicted molar refractivity (Wildman–Crippen MR) is 103 cm³/mol. The van der Waals surface area contributed by atoms with Crippen LogP contribution in [0.1, 0.15) is 32.3 Å². The fraction of sp³-hybridized carbons (Fsp3) is 0.318. The predicted octanol–water partition coefficient (Wildman–Crippen LogP) is 5.16. The number of carbonyl (C=O) groups is 1. The summed E-state index contributed by atoms with van der Waals surface area (Å²) in [5, 5.41) is 0. The molecule has 0 aliphatic heterocycles. The van der Waals surface area contributed by atoms with Gasteiger partial charge in [-0.1, -0.05) is 66.3 Å². The van der Waals surface area contributed by atoms with E-state index in [2.05, 4.69) is 29.0 Å². The zero-order valence-electron chi connectivity index (χ0n) is 15.4. The number of hydrogen-bond donors (Lipinski definition) is 0. The highest BCUT2D eigenvalue weighted by atomic mass is 16.5. The van der Waals surface area contributed by atoms with Gasteiger partial charge >= 0.3 is 5.97 Å². The van der Waals surface area contributed by atoms with E-state index in [-0.39, 0.29) is 5.97 Å². The van der Waals surface area contributed by atoms with Crippen LogP contribution in [0.2, 0.25) is 0 Å². The Kier molecular flexibility index (Phi) is 10.7. The average Bonchev–Trinajstić information content (AvgIpc) is 2.61. The zero-order valence-corrected chi connectivity index (χ0v) is 15.4. The minimum Gasteiger partial charge on any atom is -0.466 e. The van der Waals surface area contributed by atoms with E-state index in [0.29, 0.717) is 6.61 Å². The number of methoxy groups -OCH3 is 1. The second-order valence-electron chi connectivity index (χ2n) is 5.76. The summed E-state index contributed by atoms with van der Waals surface area (Å²) < 4.78 is 10.2. The number of ether oxygens (including phenoxy) is 2. The van der Waals surface area contributed by atoms with Crippen molar-refractivity contribution >= 4 is 5.97 Å². The number of rotatable bonds is 10. The van der Waals surface area contributed by atoms with Gasteiger partial charge < -0.3 is 9.47 Å². The van der Waals surface area contributed by atoms with Gasteiger partial charge in [-0.3, -0.25) is 0 Å². The van der Waals surface area contributed by atoms with Crippen LogP contribution >= 0.6 is 0 Å². The molecule has 0 unspecified atom stereocenters. The molecule has 1 aromatic rings. The van der Waals surface area contributed by atoms with Crippen molar-refractivity contribution in [2.24, 2.45) is 0 Å². The van der Waals surface area contributed by atoms with E-state index in [1.165, 1.54) is 18.7 Å². The van der Waals surface area contributed by atoms with Gasteiger partial charge in [0.15, 0.2) is 0 Å². The van der Waals surface area contributed by atoms with E-state index in [4.69, 9.17) is 4.74 Å². The van der Waals surface area contributed by atoms with Gasteiger partial charge in [-0.15, -0.1) is 0 Å². The molecule has 25 heavy (non-hydrogen) atoms. The average molecular weight is 340 g/mol. The molecule has 3 heteroatoms. The van der Waals surface area contributed by atoms with Crippen LogP contribution in [0.4, 0.5) is 0 Å². The van der Waals surface area contributed by atoms with Gasteiger partial charge in [0.25, 0.3) is 0 Å². The molecule has 0 aliphatic carbocycles. The van der Waals surface area contributed by atoms with Gasteiger partial charge in [-0.2, -0.15) is 0 Å². The van der Waals surface area contributed by atoms with Crippen molar-refractivity contribution in [1.82, 2.24) is 0 Å². The highest BCUT2D eigenvalue weighted by Gasteiger charge is 1.92. The summed E-state index contributed by atoms with van der Waals surface area (Å²) in [6.07, 6.45) is 13.5. The smallest absolute Gasteiger partial charge is 0.330 e. The Morgan fingerprint density at radius 2 is 1.84 bits per heavy atom. The summed E-state index contributed by atoms with van der Waals surface area (Å²) in [4.78, 5) is 11.1. The molecule has 0 fully saturated rings. The molecular weight excluding hydrogens is 312 g/mol. The SMILES string of the molecule is COC(=O)/C=C(C)/C=C/C=C(C)/C=C/CCCOCc1ccccc1. The number of esters is 1. The van der Waals surface area contributed by atoms with E-state index >= 15 is 0 Å². The lowest BCUT2D eigenvalue weighted by Gasteiger charge is -2.02. The third-order valence-corrected chi connectivity index (χ3v) is 3.42. The molecule has 0 saturated heterocycles. The van der Waals surface area contributed by atoms with Gasteiger partial charge in [0, 0.05) is 12.7 Å². The van der Waals surface area contributed by atoms with E-state index in [9.17, 15) is 4.79 Å². The summed E-state index contributed by atoms with van der Waals surface area (Å²) in [6, 6.07) is 10.2. The molecule has 0 atom stereocenters. The molecule has 1 rings (SSSR count). The lowest BCUT2D eigenvalue weighted by atomic mass is 10.2. The van der Waals surface area contributed by atoms with Crippen LogP contribution in [0.15, 0.2) is 77.9 Å². The molecule has 0 radical (unpaired) electrons. The van der Waals surface area contributed by atoms with E-state index in [1.807, 2.05) is 50.3 Å². The van der Waals surface area contributed by atoms with E-state index < -0.39 is 0 Å². The first-order valence-corrected chi connectivity index (χ1v) is 8.51. The van der Waals surface area contributed by atoms with Crippen LogP contribution in [-0.2, 0) is 20.9 Å². The largest absolute Gasteiger partial charge is 0.466 e. The number of carbonyl (C=O) groups excluding carboxylic acids is 1. The van der Waals surface area contributed by atoms with Crippen LogP contribution < -0.4 is 0 Å². The molecule has 1 aromatic carbocycles. The van der Waals surface area contributed by atoms with E-state index in [1.54, 1.807) is 0 Å². The summed E-state index contributed by atoms with van der Waals surface area (Å²) in [6.45, 7) is 5.35. The van der Waals surface area contributed by atoms with Crippen LogP contribution in [0, 0.1) is 0 Å². The maximum atomic E-state index is 11.1. The lowest BCUT2D eigenvalue weighted by Crippen LogP contribution is -1.94. The molecular formula is C22H28O3. The Hall–Kier alpha value is -2.39. The number of hydrogen-bond acceptors (Lipinski definition) is 3. The first-order chi connectivity index (χ1) is 12.1. The maximum absolute atomic E-state index is 11.1. The molecule has 0 spiro atoms. The molecule has 0 aromatic heterocycles. The second-order valence-corrected chi connectivity index (χ2v) is 5.76. The van der Waals surface area contributed by atoms with Crippen molar-refractivity contribution < 1.29 is 14.3 Å². The Morgan fingerprint density at radius 1 is 1.08 bits per heavy atom. The number of allylic oxidation sites excluding steroid dienone is 7. The molecule has 0 amide bonds. The summed E-state index contributed by atoms with van der Waals surface area (Å²) >= 11 is 0. The molecule has 0 heterocycles. The third kappa shape index (κ3) is 10.9. The number of unbranched alkanes of at least 4 members (excludes halogenated alkanes) is 1. The number of benzene rings is 1. The molecule has 0 aliphatic rings. The van der Waals surface area contributed by atoms with Crippen molar-refractivity contribution in [1.29, 1.82) is 0 Å². The topological polar surface area (TPSA) is 35.5 Å². The summed E-state index contributed by atoms with van der Waals surface area (Å²) in [7, 11) is 1.37. The van der Waals surface area contributed by atoms with Gasteiger partial charge in [0.2, 0.25) is 0 Å².